The molecule has 0 spiro atoms. The van der Waals surface area contributed by atoms with E-state index in [0.717, 1.165) is 5.56 Å². The van der Waals surface area contributed by atoms with E-state index in [2.05, 4.69) is 10.4 Å². The van der Waals surface area contributed by atoms with Gasteiger partial charge in [0.2, 0.25) is 5.91 Å². The molecule has 2 heterocycles. The second kappa shape index (κ2) is 5.92. The minimum atomic E-state index is -3.05. The molecular weight excluding hydrogens is 302 g/mol. The quantitative estimate of drug-likeness (QED) is 0.921. The van der Waals surface area contributed by atoms with Gasteiger partial charge in [-0.2, -0.15) is 5.10 Å². The first-order valence-corrected chi connectivity index (χ1v) is 8.93. The van der Waals surface area contributed by atoms with E-state index in [-0.39, 0.29) is 17.4 Å². The van der Waals surface area contributed by atoms with E-state index in [9.17, 15) is 13.2 Å². The number of rotatable bonds is 4. The van der Waals surface area contributed by atoms with Gasteiger partial charge in [-0.1, -0.05) is 30.3 Å². The molecule has 1 amide bonds. The van der Waals surface area contributed by atoms with Gasteiger partial charge in [0.05, 0.1) is 24.0 Å². The van der Waals surface area contributed by atoms with Gasteiger partial charge in [0.15, 0.2) is 15.7 Å². The summed E-state index contributed by atoms with van der Waals surface area (Å²) in [7, 11) is -3.05. The van der Waals surface area contributed by atoms with Crippen molar-refractivity contribution in [2.45, 2.75) is 13.0 Å². The lowest BCUT2D eigenvalue weighted by Gasteiger charge is -2.07. The third-order valence-electron chi connectivity index (χ3n) is 3.68. The minimum Gasteiger partial charge on any atom is -0.309 e. The van der Waals surface area contributed by atoms with Gasteiger partial charge in [-0.25, -0.2) is 8.42 Å². The number of hydrogen-bond donors (Lipinski definition) is 1. The lowest BCUT2D eigenvalue weighted by molar-refractivity contribution is -0.119. The number of benzene rings is 1. The average molecular weight is 319 g/mol. The molecule has 1 N–H and O–H groups in total. The van der Waals surface area contributed by atoms with Crippen LogP contribution < -0.4 is 5.32 Å². The Balaban J connectivity index is 1.61. The Kier molecular flexibility index (Phi) is 3.98. The van der Waals surface area contributed by atoms with Gasteiger partial charge in [-0.3, -0.25) is 9.48 Å². The Hall–Kier alpha value is -2.15. The monoisotopic (exact) mass is 319 g/mol. The highest BCUT2D eigenvalue weighted by atomic mass is 32.2. The van der Waals surface area contributed by atoms with Crippen molar-refractivity contribution < 1.29 is 13.2 Å². The molecule has 0 radical (unpaired) electrons. The maximum absolute atomic E-state index is 12.0. The van der Waals surface area contributed by atoms with Gasteiger partial charge in [0, 0.05) is 12.3 Å². The van der Waals surface area contributed by atoms with Crippen LogP contribution in [0.1, 0.15) is 12.0 Å². The minimum absolute atomic E-state index is 0.0659. The molecule has 22 heavy (non-hydrogen) atoms. The summed E-state index contributed by atoms with van der Waals surface area (Å²) < 4.78 is 24.5. The second-order valence-corrected chi connectivity index (χ2v) is 7.70. The maximum Gasteiger partial charge on any atom is 0.229 e. The highest BCUT2D eigenvalue weighted by molar-refractivity contribution is 7.91. The second-order valence-electron chi connectivity index (χ2n) is 5.47. The molecule has 6 nitrogen and oxygen atoms in total. The SMILES string of the molecule is O=C(Nc1ccn(Cc2ccccc2)n1)[C@H]1CCS(=O)(=O)C1. The summed E-state index contributed by atoms with van der Waals surface area (Å²) >= 11 is 0. The Morgan fingerprint density at radius 1 is 1.27 bits per heavy atom. The number of nitrogens with zero attached hydrogens (tertiary/aromatic N) is 2. The van der Waals surface area contributed by atoms with Crippen LogP contribution in [0.3, 0.4) is 0 Å². The largest absolute Gasteiger partial charge is 0.309 e. The van der Waals surface area contributed by atoms with E-state index < -0.39 is 15.8 Å². The van der Waals surface area contributed by atoms with E-state index in [4.69, 9.17) is 0 Å². The molecule has 1 aliphatic heterocycles. The van der Waals surface area contributed by atoms with Crippen LogP contribution in [0.5, 0.6) is 0 Å². The van der Waals surface area contributed by atoms with Gasteiger partial charge < -0.3 is 5.32 Å². The fourth-order valence-electron chi connectivity index (χ4n) is 2.52. The van der Waals surface area contributed by atoms with Crippen molar-refractivity contribution in [3.8, 4) is 0 Å². The van der Waals surface area contributed by atoms with Crippen LogP contribution in [-0.2, 0) is 21.2 Å². The molecule has 116 valence electrons. The molecule has 1 atom stereocenters. The topological polar surface area (TPSA) is 81.1 Å². The molecule has 7 heteroatoms. The molecule has 1 fully saturated rings. The fourth-order valence-corrected chi connectivity index (χ4v) is 4.26. The molecule has 0 bridgehead atoms. The number of nitrogens with one attached hydrogen (secondary N) is 1. The van der Waals surface area contributed by atoms with Gasteiger partial charge >= 0.3 is 0 Å². The van der Waals surface area contributed by atoms with Crippen LogP contribution in [0, 0.1) is 5.92 Å². The Morgan fingerprint density at radius 2 is 2.05 bits per heavy atom. The Morgan fingerprint density at radius 3 is 2.73 bits per heavy atom. The number of hydrogen-bond acceptors (Lipinski definition) is 4. The number of sulfone groups is 1. The third kappa shape index (κ3) is 3.54. The molecule has 0 saturated carbocycles. The number of anilines is 1. The van der Waals surface area contributed by atoms with E-state index in [1.807, 2.05) is 30.3 Å². The number of amides is 1. The molecule has 0 unspecified atom stereocenters. The summed E-state index contributed by atoms with van der Waals surface area (Å²) in [6.07, 6.45) is 2.17. The van der Waals surface area contributed by atoms with Gasteiger partial charge in [-0.05, 0) is 12.0 Å². The van der Waals surface area contributed by atoms with Crippen molar-refractivity contribution in [1.82, 2.24) is 9.78 Å². The van der Waals surface area contributed by atoms with Crippen LogP contribution in [-0.4, -0.2) is 35.6 Å². The molecule has 1 saturated heterocycles. The van der Waals surface area contributed by atoms with Crippen LogP contribution >= 0.6 is 0 Å². The summed E-state index contributed by atoms with van der Waals surface area (Å²) in [6.45, 7) is 0.620. The summed E-state index contributed by atoms with van der Waals surface area (Å²) in [5.74, 6) is -0.266. The first kappa shape index (κ1) is 14.8. The molecule has 3 rings (SSSR count). The highest BCUT2D eigenvalue weighted by Gasteiger charge is 2.33. The first-order chi connectivity index (χ1) is 10.5. The van der Waals surface area contributed by atoms with Crippen LogP contribution in [0.4, 0.5) is 5.82 Å². The predicted molar refractivity (Wildman–Crippen MR) is 83.2 cm³/mol. The number of aromatic nitrogens is 2. The standard InChI is InChI=1S/C15H17N3O3S/c19-15(13-7-9-22(20,21)11-13)16-14-6-8-18(17-14)10-12-4-2-1-3-5-12/h1-6,8,13H,7,9-11H2,(H,16,17,19)/t13-/m0/s1. The lowest BCUT2D eigenvalue weighted by atomic mass is 10.1. The normalized spacial score (nSPS) is 19.9. The molecule has 1 aliphatic rings. The van der Waals surface area contributed by atoms with Crippen molar-refractivity contribution in [2.24, 2.45) is 5.92 Å². The molecular formula is C15H17N3O3S. The van der Waals surface area contributed by atoms with Gasteiger partial charge in [0.25, 0.3) is 0 Å². The Bertz CT molecular complexity index is 768. The molecule has 1 aromatic carbocycles. The van der Waals surface area contributed by atoms with E-state index >= 15 is 0 Å². The molecule has 1 aromatic heterocycles. The summed E-state index contributed by atoms with van der Waals surface area (Å²) in [6, 6.07) is 11.6. The lowest BCUT2D eigenvalue weighted by Crippen LogP contribution is -2.24. The van der Waals surface area contributed by atoms with E-state index in [1.165, 1.54) is 0 Å². The highest BCUT2D eigenvalue weighted by Crippen LogP contribution is 2.20. The van der Waals surface area contributed by atoms with Crippen molar-refractivity contribution in [3.05, 3.63) is 48.2 Å². The Labute approximate surface area is 129 Å². The maximum atomic E-state index is 12.0. The van der Waals surface area contributed by atoms with Crippen LogP contribution in [0.25, 0.3) is 0 Å². The zero-order valence-corrected chi connectivity index (χ0v) is 12.8. The fraction of sp³-hybridized carbons (Fsp3) is 0.333. The van der Waals surface area contributed by atoms with Crippen molar-refractivity contribution in [1.29, 1.82) is 0 Å². The summed E-state index contributed by atoms with van der Waals surface area (Å²) in [5.41, 5.74) is 1.12. The summed E-state index contributed by atoms with van der Waals surface area (Å²) in [4.78, 5) is 12.0. The van der Waals surface area contributed by atoms with E-state index in [0.29, 0.717) is 18.8 Å². The molecule has 0 aliphatic carbocycles. The smallest absolute Gasteiger partial charge is 0.229 e. The number of carbonyl (C=O) groups excluding carboxylic acids is 1. The van der Waals surface area contributed by atoms with Crippen LogP contribution in [0.2, 0.25) is 0 Å². The third-order valence-corrected chi connectivity index (χ3v) is 5.45. The van der Waals surface area contributed by atoms with Crippen molar-refractivity contribution in [3.63, 3.8) is 0 Å². The number of carbonyl (C=O) groups is 1. The van der Waals surface area contributed by atoms with E-state index in [1.54, 1.807) is 16.9 Å². The zero-order chi connectivity index (χ0) is 15.6. The molecule has 2 aromatic rings. The predicted octanol–water partition coefficient (Wildman–Crippen LogP) is 1.30. The first-order valence-electron chi connectivity index (χ1n) is 7.10. The van der Waals surface area contributed by atoms with Crippen molar-refractivity contribution >= 4 is 21.6 Å². The average Bonchev–Trinajstić information content (AvgIpc) is 3.06. The zero-order valence-electron chi connectivity index (χ0n) is 12.0. The van der Waals surface area contributed by atoms with Crippen LogP contribution in [0.15, 0.2) is 42.6 Å². The van der Waals surface area contributed by atoms with Crippen molar-refractivity contribution in [2.75, 3.05) is 16.8 Å². The van der Waals surface area contributed by atoms with Gasteiger partial charge in [-0.15, -0.1) is 0 Å². The van der Waals surface area contributed by atoms with Gasteiger partial charge in [0.1, 0.15) is 0 Å². The summed E-state index contributed by atoms with van der Waals surface area (Å²) in [5, 5.41) is 6.98.